The van der Waals surface area contributed by atoms with Crippen LogP contribution in [0.2, 0.25) is 0 Å². The van der Waals surface area contributed by atoms with Crippen molar-refractivity contribution < 1.29 is 5.11 Å². The highest BCUT2D eigenvalue weighted by Gasteiger charge is 2.30. The van der Waals surface area contributed by atoms with Gasteiger partial charge in [0.25, 0.3) is 0 Å². The van der Waals surface area contributed by atoms with E-state index >= 15 is 0 Å². The van der Waals surface area contributed by atoms with Gasteiger partial charge < -0.3 is 28.0 Å². The van der Waals surface area contributed by atoms with Crippen LogP contribution in [0.15, 0.2) is 6.20 Å². The largest absolute Gasteiger partial charge is 0.397 e. The molecule has 2 unspecified atom stereocenters. The van der Waals surface area contributed by atoms with Crippen molar-refractivity contribution in [1.82, 2.24) is 4.98 Å². The molecule has 0 aromatic carbocycles. The van der Waals surface area contributed by atoms with E-state index in [0.29, 0.717) is 23.4 Å². The topological polar surface area (TPSA) is 137 Å². The highest BCUT2D eigenvalue weighted by molar-refractivity contribution is 5.57. The summed E-state index contributed by atoms with van der Waals surface area (Å²) in [4.78, 5) is 4.77. The van der Waals surface area contributed by atoms with Crippen molar-refractivity contribution in [2.45, 2.75) is 75.5 Å². The molecule has 1 aromatic heterocycles. The van der Waals surface area contributed by atoms with E-state index in [1.807, 2.05) is 6.20 Å². The molecule has 1 heterocycles. The number of aromatic nitrogens is 1. The first-order chi connectivity index (χ1) is 12.0. The molecule has 1 aromatic rings. The van der Waals surface area contributed by atoms with Crippen molar-refractivity contribution in [2.24, 2.45) is 23.1 Å². The molecule has 3 rings (SSSR count). The molecule has 0 radical (unpaired) electrons. The standard InChI is InChI=1S/C19H33N5O/c20-9-11-2-1-3-13(8-11)18-17(21)16(19(22)23)15(10-24-18)12-4-6-14(25)7-5-12/h10-14,19,25H,1-9,20-23H2. The Morgan fingerprint density at radius 3 is 2.44 bits per heavy atom. The number of nitrogens with two attached hydrogens (primary N) is 4. The van der Waals surface area contributed by atoms with Gasteiger partial charge in [-0.2, -0.15) is 0 Å². The third-order valence-corrected chi connectivity index (χ3v) is 6.19. The van der Waals surface area contributed by atoms with Crippen molar-refractivity contribution in [1.29, 1.82) is 0 Å². The zero-order valence-corrected chi connectivity index (χ0v) is 15.0. The number of anilines is 1. The second kappa shape index (κ2) is 7.99. The van der Waals surface area contributed by atoms with Crippen LogP contribution < -0.4 is 22.9 Å². The molecule has 25 heavy (non-hydrogen) atoms. The van der Waals surface area contributed by atoms with E-state index in [1.54, 1.807) is 0 Å². The zero-order valence-electron chi connectivity index (χ0n) is 15.0. The van der Waals surface area contributed by atoms with Crippen LogP contribution >= 0.6 is 0 Å². The molecule has 0 spiro atoms. The first-order valence-corrected chi connectivity index (χ1v) is 9.68. The fraction of sp³-hybridized carbons (Fsp3) is 0.737. The predicted octanol–water partition coefficient (Wildman–Crippen LogP) is 1.83. The Balaban J connectivity index is 1.90. The summed E-state index contributed by atoms with van der Waals surface area (Å²) in [6.07, 6.45) is 9.15. The normalized spacial score (nSPS) is 30.6. The summed E-state index contributed by atoms with van der Waals surface area (Å²) < 4.78 is 0. The van der Waals surface area contributed by atoms with Gasteiger partial charge in [-0.15, -0.1) is 0 Å². The fourth-order valence-electron chi connectivity index (χ4n) is 4.73. The fourth-order valence-corrected chi connectivity index (χ4v) is 4.73. The van der Waals surface area contributed by atoms with Gasteiger partial charge in [-0.3, -0.25) is 4.98 Å². The quantitative estimate of drug-likeness (QED) is 0.527. The van der Waals surface area contributed by atoms with E-state index in [1.165, 1.54) is 12.8 Å². The first kappa shape index (κ1) is 18.6. The SMILES string of the molecule is NCC1CCCC(c2ncc(C3CCC(O)CC3)c(C(N)N)c2N)C1. The number of nitrogen functional groups attached to an aromatic ring is 1. The highest BCUT2D eigenvalue weighted by atomic mass is 16.3. The number of rotatable bonds is 4. The first-order valence-electron chi connectivity index (χ1n) is 9.68. The second-order valence-corrected chi connectivity index (χ2v) is 7.92. The molecule has 2 atom stereocenters. The van der Waals surface area contributed by atoms with E-state index in [9.17, 15) is 5.11 Å². The van der Waals surface area contributed by atoms with Crippen LogP contribution in [0.5, 0.6) is 0 Å². The minimum atomic E-state index is -0.600. The van der Waals surface area contributed by atoms with Crippen LogP contribution in [0.3, 0.4) is 0 Å². The van der Waals surface area contributed by atoms with E-state index in [0.717, 1.165) is 61.9 Å². The predicted molar refractivity (Wildman–Crippen MR) is 101 cm³/mol. The number of aliphatic hydroxyl groups excluding tert-OH is 1. The van der Waals surface area contributed by atoms with Gasteiger partial charge >= 0.3 is 0 Å². The lowest BCUT2D eigenvalue weighted by molar-refractivity contribution is 0.122. The Morgan fingerprint density at radius 1 is 1.08 bits per heavy atom. The van der Waals surface area contributed by atoms with Gasteiger partial charge in [-0.25, -0.2) is 0 Å². The lowest BCUT2D eigenvalue weighted by atomic mass is 9.77. The number of aliphatic hydroxyl groups is 1. The average molecular weight is 348 g/mol. The van der Waals surface area contributed by atoms with Crippen LogP contribution in [0.1, 0.15) is 86.2 Å². The summed E-state index contributed by atoms with van der Waals surface area (Å²) in [5, 5.41) is 9.77. The molecule has 2 fully saturated rings. The third kappa shape index (κ3) is 3.97. The Kier molecular flexibility index (Phi) is 5.94. The minimum Gasteiger partial charge on any atom is -0.397 e. The van der Waals surface area contributed by atoms with Gasteiger partial charge in [-0.1, -0.05) is 6.42 Å². The summed E-state index contributed by atoms with van der Waals surface area (Å²) in [6.45, 7) is 0.724. The minimum absolute atomic E-state index is 0.189. The van der Waals surface area contributed by atoms with E-state index in [-0.39, 0.29) is 6.10 Å². The smallest absolute Gasteiger partial charge is 0.0809 e. The molecule has 6 nitrogen and oxygen atoms in total. The molecule has 0 aliphatic heterocycles. The Labute approximate surface area is 150 Å². The molecular formula is C19H33N5O. The Bertz CT molecular complexity index is 583. The van der Waals surface area contributed by atoms with Crippen LogP contribution in [0, 0.1) is 5.92 Å². The summed E-state index contributed by atoms with van der Waals surface area (Å²) in [5.74, 6) is 1.23. The van der Waals surface area contributed by atoms with E-state index in [2.05, 4.69) is 0 Å². The number of hydrogen-bond donors (Lipinski definition) is 5. The Morgan fingerprint density at radius 2 is 1.80 bits per heavy atom. The number of nitrogens with zero attached hydrogens (tertiary/aromatic N) is 1. The van der Waals surface area contributed by atoms with Gasteiger partial charge in [0.2, 0.25) is 0 Å². The van der Waals surface area contributed by atoms with Crippen molar-refractivity contribution in [3.63, 3.8) is 0 Å². The summed E-state index contributed by atoms with van der Waals surface area (Å²) >= 11 is 0. The second-order valence-electron chi connectivity index (χ2n) is 7.92. The molecule has 2 aliphatic rings. The van der Waals surface area contributed by atoms with E-state index < -0.39 is 6.17 Å². The molecular weight excluding hydrogens is 314 g/mol. The van der Waals surface area contributed by atoms with Crippen molar-refractivity contribution in [2.75, 3.05) is 12.3 Å². The van der Waals surface area contributed by atoms with Crippen molar-refractivity contribution in [3.8, 4) is 0 Å². The van der Waals surface area contributed by atoms with Crippen molar-refractivity contribution in [3.05, 3.63) is 23.0 Å². The Hall–Kier alpha value is -1.21. The van der Waals surface area contributed by atoms with Gasteiger partial charge in [0.05, 0.1) is 23.7 Å². The van der Waals surface area contributed by atoms with Crippen LogP contribution in [-0.4, -0.2) is 22.7 Å². The lowest BCUT2D eigenvalue weighted by Gasteiger charge is -2.32. The molecule has 0 bridgehead atoms. The van der Waals surface area contributed by atoms with Crippen LogP contribution in [0.4, 0.5) is 5.69 Å². The maximum absolute atomic E-state index is 9.77. The van der Waals surface area contributed by atoms with Gasteiger partial charge in [0.15, 0.2) is 0 Å². The number of hydrogen-bond acceptors (Lipinski definition) is 6. The molecule has 0 amide bonds. The molecule has 2 aliphatic carbocycles. The summed E-state index contributed by atoms with van der Waals surface area (Å²) in [7, 11) is 0. The van der Waals surface area contributed by atoms with Gasteiger partial charge in [0.1, 0.15) is 0 Å². The molecule has 9 N–H and O–H groups in total. The van der Waals surface area contributed by atoms with Crippen LogP contribution in [-0.2, 0) is 0 Å². The molecule has 0 saturated heterocycles. The average Bonchev–Trinajstić information content (AvgIpc) is 2.61. The lowest BCUT2D eigenvalue weighted by Crippen LogP contribution is -2.28. The third-order valence-electron chi connectivity index (χ3n) is 6.19. The summed E-state index contributed by atoms with van der Waals surface area (Å²) in [5.41, 5.74) is 28.2. The molecule has 6 heteroatoms. The van der Waals surface area contributed by atoms with Gasteiger partial charge in [-0.05, 0) is 68.9 Å². The molecule has 140 valence electrons. The number of pyridine rings is 1. The van der Waals surface area contributed by atoms with Crippen LogP contribution in [0.25, 0.3) is 0 Å². The highest BCUT2D eigenvalue weighted by Crippen LogP contribution is 2.42. The molecule has 2 saturated carbocycles. The summed E-state index contributed by atoms with van der Waals surface area (Å²) in [6, 6.07) is 0. The van der Waals surface area contributed by atoms with Gasteiger partial charge in [0, 0.05) is 17.7 Å². The monoisotopic (exact) mass is 347 g/mol. The maximum Gasteiger partial charge on any atom is 0.0809 e. The zero-order chi connectivity index (χ0) is 18.0. The van der Waals surface area contributed by atoms with E-state index in [4.69, 9.17) is 27.9 Å². The van der Waals surface area contributed by atoms with Crippen molar-refractivity contribution >= 4 is 5.69 Å². The maximum atomic E-state index is 9.77.